The number of hydrogen-bond acceptors (Lipinski definition) is 7. The zero-order chi connectivity index (χ0) is 28.1. The van der Waals surface area contributed by atoms with Crippen LogP contribution in [-0.4, -0.2) is 74.6 Å². The molecule has 11 nitrogen and oxygen atoms in total. The number of rotatable bonds is 6. The van der Waals surface area contributed by atoms with Crippen molar-refractivity contribution in [3.05, 3.63) is 47.3 Å². The van der Waals surface area contributed by atoms with Gasteiger partial charge in [0.2, 0.25) is 0 Å². The van der Waals surface area contributed by atoms with Gasteiger partial charge in [0.15, 0.2) is 0 Å². The van der Waals surface area contributed by atoms with E-state index < -0.39 is 29.4 Å². The van der Waals surface area contributed by atoms with Gasteiger partial charge in [-0.1, -0.05) is 43.7 Å². The van der Waals surface area contributed by atoms with Gasteiger partial charge in [-0.15, -0.1) is 0 Å². The third kappa shape index (κ3) is 4.15. The summed E-state index contributed by atoms with van der Waals surface area (Å²) in [6.07, 6.45) is 4.95. The zero-order valence-electron chi connectivity index (χ0n) is 22.5. The summed E-state index contributed by atoms with van der Waals surface area (Å²) in [4.78, 5) is 70.9. The number of unbranched alkanes of at least 4 members (excludes halogenated alkanes) is 1. The Bertz CT molecular complexity index is 1240. The Kier molecular flexibility index (Phi) is 6.64. The number of barbiturate groups is 1. The summed E-state index contributed by atoms with van der Waals surface area (Å²) >= 11 is 0. The highest BCUT2D eigenvalue weighted by atomic mass is 16.2. The molecule has 1 aromatic carbocycles. The first kappa shape index (κ1) is 26.7. The number of likely N-dealkylation sites (N-methyl/N-ethyl adjacent to an activating group) is 1. The van der Waals surface area contributed by atoms with E-state index in [1.165, 1.54) is 11.9 Å². The highest BCUT2D eigenvalue weighted by Crippen LogP contribution is 2.61. The molecule has 0 aromatic heterocycles. The van der Waals surface area contributed by atoms with Crippen LogP contribution in [0.15, 0.2) is 41.7 Å². The first-order valence-electron chi connectivity index (χ1n) is 13.6. The molecule has 4 N–H and O–H groups in total. The molecule has 208 valence electrons. The predicted molar refractivity (Wildman–Crippen MR) is 141 cm³/mol. The topological polar surface area (TPSA) is 150 Å². The second kappa shape index (κ2) is 9.69. The third-order valence-corrected chi connectivity index (χ3v) is 8.99. The molecule has 2 saturated carbocycles. The molecular formula is C28H36N6O5. The van der Waals surface area contributed by atoms with E-state index >= 15 is 0 Å². The molecule has 39 heavy (non-hydrogen) atoms. The molecule has 0 unspecified atom stereocenters. The Hall–Kier alpha value is -3.89. The van der Waals surface area contributed by atoms with Gasteiger partial charge < -0.3 is 16.4 Å². The fourth-order valence-electron chi connectivity index (χ4n) is 6.95. The Labute approximate surface area is 227 Å². The lowest BCUT2D eigenvalue weighted by Crippen LogP contribution is -2.65. The predicted octanol–water partition coefficient (Wildman–Crippen LogP) is 2.26. The summed E-state index contributed by atoms with van der Waals surface area (Å²) in [7, 11) is 1.53. The summed E-state index contributed by atoms with van der Waals surface area (Å²) in [6, 6.07) is 8.32. The van der Waals surface area contributed by atoms with Gasteiger partial charge in [0, 0.05) is 26.2 Å². The number of hydrogen-bond donors (Lipinski definition) is 2. The van der Waals surface area contributed by atoms with Gasteiger partial charge in [-0.05, 0) is 55.9 Å². The quantitative estimate of drug-likeness (QED) is 0.322. The van der Waals surface area contributed by atoms with Crippen molar-refractivity contribution in [2.24, 2.45) is 16.9 Å². The van der Waals surface area contributed by atoms with Crippen molar-refractivity contribution in [2.45, 2.75) is 76.4 Å². The molecule has 5 rings (SSSR count). The molecule has 0 radical (unpaired) electrons. The maximum absolute atomic E-state index is 13.3. The molecule has 2 heterocycles. The molecule has 1 aromatic rings. The maximum Gasteiger partial charge on any atom is 0.334 e. The van der Waals surface area contributed by atoms with E-state index in [4.69, 9.17) is 11.5 Å². The number of nitrogens with two attached hydrogens (primary N) is 2. The van der Waals surface area contributed by atoms with Crippen molar-refractivity contribution in [1.29, 1.82) is 0 Å². The maximum atomic E-state index is 13.3. The fourth-order valence-corrected chi connectivity index (χ4v) is 6.95. The lowest BCUT2D eigenvalue weighted by molar-refractivity contribution is -0.151. The average Bonchev–Trinajstić information content (AvgIpc) is 3.06. The van der Waals surface area contributed by atoms with E-state index in [1.54, 1.807) is 4.90 Å². The standard InChI is InChI=1S/C28H36N6O5/c1-3-4-14-32-22(35)20(21(29)30)23(36)34(26(32)39)19-10-12-27(13-11-19)16-28(17-27)24(37)31(2)25(38)33(28)15-18-8-6-5-7-9-18/h5-9,19H,3-4,10-17,29-30H2,1-2H3. The SMILES string of the molecule is CCCCN1C(=O)C(=C(N)N)C(=O)N(C2CCC3(CC2)CC2(C3)C(=O)N(C)C(=O)N2Cc2ccccc2)C1=O. The lowest BCUT2D eigenvalue weighted by atomic mass is 9.51. The Morgan fingerprint density at radius 1 is 0.949 bits per heavy atom. The number of urea groups is 2. The molecule has 2 aliphatic carbocycles. The van der Waals surface area contributed by atoms with Crippen LogP contribution in [0.4, 0.5) is 9.59 Å². The molecule has 11 heteroatoms. The largest absolute Gasteiger partial charge is 0.385 e. The van der Waals surface area contributed by atoms with Gasteiger partial charge in [0.05, 0.1) is 0 Å². The van der Waals surface area contributed by atoms with Crippen molar-refractivity contribution in [2.75, 3.05) is 13.6 Å². The number of benzene rings is 1. The number of carbonyl (C=O) groups is 5. The lowest BCUT2D eigenvalue weighted by Gasteiger charge is -2.59. The number of nitrogens with zero attached hydrogens (tertiary/aromatic N) is 4. The number of amides is 7. The smallest absolute Gasteiger partial charge is 0.334 e. The Morgan fingerprint density at radius 3 is 2.18 bits per heavy atom. The van der Waals surface area contributed by atoms with Crippen molar-refractivity contribution >= 4 is 29.8 Å². The molecule has 4 aliphatic rings. The summed E-state index contributed by atoms with van der Waals surface area (Å²) in [5.41, 5.74) is 11.0. The van der Waals surface area contributed by atoms with Crippen molar-refractivity contribution in [3.63, 3.8) is 0 Å². The molecule has 2 aliphatic heterocycles. The number of carbonyl (C=O) groups excluding carboxylic acids is 5. The van der Waals surface area contributed by atoms with E-state index in [-0.39, 0.29) is 35.3 Å². The van der Waals surface area contributed by atoms with Crippen LogP contribution in [0.25, 0.3) is 0 Å². The van der Waals surface area contributed by atoms with Gasteiger partial charge >= 0.3 is 12.1 Å². The van der Waals surface area contributed by atoms with Gasteiger partial charge in [-0.2, -0.15) is 0 Å². The highest BCUT2D eigenvalue weighted by Gasteiger charge is 2.68. The summed E-state index contributed by atoms with van der Waals surface area (Å²) < 4.78 is 0. The van der Waals surface area contributed by atoms with Crippen LogP contribution in [0.3, 0.4) is 0 Å². The highest BCUT2D eigenvalue weighted by molar-refractivity contribution is 6.29. The van der Waals surface area contributed by atoms with Gasteiger partial charge in [0.25, 0.3) is 17.7 Å². The van der Waals surface area contributed by atoms with E-state index in [9.17, 15) is 24.0 Å². The Morgan fingerprint density at radius 2 is 1.59 bits per heavy atom. The van der Waals surface area contributed by atoms with Crippen LogP contribution in [0, 0.1) is 5.41 Å². The van der Waals surface area contributed by atoms with E-state index in [0.717, 1.165) is 21.8 Å². The van der Waals surface area contributed by atoms with Gasteiger partial charge in [0.1, 0.15) is 16.9 Å². The minimum atomic E-state index is -0.863. The molecular weight excluding hydrogens is 500 g/mol. The molecule has 4 fully saturated rings. The Balaban J connectivity index is 1.31. The van der Waals surface area contributed by atoms with E-state index in [0.29, 0.717) is 51.5 Å². The van der Waals surface area contributed by atoms with Crippen LogP contribution in [0.1, 0.15) is 63.9 Å². The van der Waals surface area contributed by atoms with Crippen LogP contribution in [0.5, 0.6) is 0 Å². The van der Waals surface area contributed by atoms with Crippen LogP contribution in [0.2, 0.25) is 0 Å². The van der Waals surface area contributed by atoms with Gasteiger partial charge in [-0.25, -0.2) is 9.59 Å². The van der Waals surface area contributed by atoms with Crippen molar-refractivity contribution < 1.29 is 24.0 Å². The molecule has 2 spiro atoms. The second-order valence-electron chi connectivity index (χ2n) is 11.4. The minimum Gasteiger partial charge on any atom is -0.385 e. The summed E-state index contributed by atoms with van der Waals surface area (Å²) in [5, 5.41) is 0. The first-order valence-corrected chi connectivity index (χ1v) is 13.6. The van der Waals surface area contributed by atoms with Gasteiger partial charge in [-0.3, -0.25) is 29.1 Å². The first-order chi connectivity index (χ1) is 18.5. The molecule has 0 atom stereocenters. The van der Waals surface area contributed by atoms with Crippen LogP contribution in [-0.2, 0) is 20.9 Å². The third-order valence-electron chi connectivity index (χ3n) is 8.99. The molecule has 0 bridgehead atoms. The number of imide groups is 3. The van der Waals surface area contributed by atoms with Crippen molar-refractivity contribution in [3.8, 4) is 0 Å². The molecule has 2 saturated heterocycles. The zero-order valence-corrected chi connectivity index (χ0v) is 22.5. The van der Waals surface area contributed by atoms with Crippen LogP contribution >= 0.6 is 0 Å². The summed E-state index contributed by atoms with van der Waals surface area (Å²) in [6.45, 7) is 2.50. The second-order valence-corrected chi connectivity index (χ2v) is 11.4. The van der Waals surface area contributed by atoms with E-state index in [2.05, 4.69) is 0 Å². The minimum absolute atomic E-state index is 0.155. The monoisotopic (exact) mass is 536 g/mol. The summed E-state index contributed by atoms with van der Waals surface area (Å²) in [5.74, 6) is -2.04. The average molecular weight is 537 g/mol. The van der Waals surface area contributed by atoms with E-state index in [1.807, 2.05) is 37.3 Å². The normalized spacial score (nSPS) is 29.2. The van der Waals surface area contributed by atoms with Crippen molar-refractivity contribution in [1.82, 2.24) is 19.6 Å². The van der Waals surface area contributed by atoms with Crippen LogP contribution < -0.4 is 11.5 Å². The fraction of sp³-hybridized carbons (Fsp3) is 0.536. The molecule has 7 amide bonds.